The molecule has 2 atom stereocenters. The molecule has 0 bridgehead atoms. The van der Waals surface area contributed by atoms with Crippen molar-refractivity contribution in [1.29, 1.82) is 0 Å². The number of hydrogen-bond donors (Lipinski definition) is 2. The number of anilines is 4. The highest BCUT2D eigenvalue weighted by Gasteiger charge is 2.25. The van der Waals surface area contributed by atoms with Gasteiger partial charge in [-0.05, 0) is 56.5 Å². The molecule has 178 valence electrons. The van der Waals surface area contributed by atoms with Crippen LogP contribution in [0.25, 0.3) is 0 Å². The highest BCUT2D eigenvalue weighted by Crippen LogP contribution is 2.29. The van der Waals surface area contributed by atoms with Crippen LogP contribution >= 0.6 is 12.2 Å². The summed E-state index contributed by atoms with van der Waals surface area (Å²) in [7, 11) is 0. The maximum absolute atomic E-state index is 5.48. The average Bonchev–Trinajstić information content (AvgIpc) is 2.78. The van der Waals surface area contributed by atoms with Crippen LogP contribution in [0.3, 0.4) is 0 Å². The maximum atomic E-state index is 5.48. The van der Waals surface area contributed by atoms with Gasteiger partial charge in [0.1, 0.15) is 11.6 Å². The van der Waals surface area contributed by atoms with E-state index in [0.29, 0.717) is 22.9 Å². The standard InChI is InChI=1S/C25H37N7S/c1-18(2)26-25(33)29-24-27-22(15-23(28-24)32-16-19(3)14-20(4)17-32)31-12-10-30(11-13-31)21-8-6-5-7-9-21/h5-9,15,18-20H,10-14,16-17H2,1-4H3,(H2,26,27,28,29,33)/t19-,20-/m0/s1. The van der Waals surface area contributed by atoms with Crippen molar-refractivity contribution in [3.8, 4) is 0 Å². The monoisotopic (exact) mass is 467 g/mol. The maximum Gasteiger partial charge on any atom is 0.232 e. The van der Waals surface area contributed by atoms with Gasteiger partial charge in [0.15, 0.2) is 5.11 Å². The van der Waals surface area contributed by atoms with Crippen molar-refractivity contribution in [3.05, 3.63) is 36.4 Å². The van der Waals surface area contributed by atoms with E-state index in [9.17, 15) is 0 Å². The fourth-order valence-corrected chi connectivity index (χ4v) is 5.21. The number of nitrogens with zero attached hydrogens (tertiary/aromatic N) is 5. The van der Waals surface area contributed by atoms with Gasteiger partial charge in [0, 0.05) is 57.1 Å². The number of rotatable bonds is 5. The van der Waals surface area contributed by atoms with Crippen LogP contribution in [-0.2, 0) is 0 Å². The van der Waals surface area contributed by atoms with Gasteiger partial charge >= 0.3 is 0 Å². The highest BCUT2D eigenvalue weighted by atomic mass is 32.1. The second-order valence-electron chi connectivity index (χ2n) is 9.82. The lowest BCUT2D eigenvalue weighted by molar-refractivity contribution is 0.355. The number of para-hydroxylation sites is 1. The molecule has 0 radical (unpaired) electrons. The van der Waals surface area contributed by atoms with Gasteiger partial charge in [-0.15, -0.1) is 0 Å². The zero-order valence-electron chi connectivity index (χ0n) is 20.3. The van der Waals surface area contributed by atoms with E-state index in [1.807, 2.05) is 0 Å². The van der Waals surface area contributed by atoms with Crippen LogP contribution in [0.5, 0.6) is 0 Å². The van der Waals surface area contributed by atoms with E-state index in [-0.39, 0.29) is 6.04 Å². The second kappa shape index (κ2) is 10.5. The fraction of sp³-hybridized carbons (Fsp3) is 0.560. The largest absolute Gasteiger partial charge is 0.368 e. The minimum Gasteiger partial charge on any atom is -0.368 e. The minimum atomic E-state index is 0.252. The summed E-state index contributed by atoms with van der Waals surface area (Å²) in [5.74, 6) is 3.83. The molecule has 0 saturated carbocycles. The zero-order chi connectivity index (χ0) is 23.4. The summed E-state index contributed by atoms with van der Waals surface area (Å²) in [4.78, 5) is 17.0. The van der Waals surface area contributed by atoms with Gasteiger partial charge in [0.25, 0.3) is 0 Å². The van der Waals surface area contributed by atoms with E-state index in [1.54, 1.807) is 0 Å². The summed E-state index contributed by atoms with van der Waals surface area (Å²) in [6.07, 6.45) is 1.27. The molecular weight excluding hydrogens is 430 g/mol. The highest BCUT2D eigenvalue weighted by molar-refractivity contribution is 7.80. The lowest BCUT2D eigenvalue weighted by atomic mass is 9.92. The quantitative estimate of drug-likeness (QED) is 0.641. The molecule has 2 aliphatic heterocycles. The van der Waals surface area contributed by atoms with E-state index in [1.165, 1.54) is 12.1 Å². The molecule has 0 unspecified atom stereocenters. The lowest BCUT2D eigenvalue weighted by Gasteiger charge is -2.38. The summed E-state index contributed by atoms with van der Waals surface area (Å²) >= 11 is 5.48. The summed E-state index contributed by atoms with van der Waals surface area (Å²) < 4.78 is 0. The number of benzene rings is 1. The summed E-state index contributed by atoms with van der Waals surface area (Å²) in [6, 6.07) is 13.0. The topological polar surface area (TPSA) is 59.6 Å². The molecule has 7 nitrogen and oxygen atoms in total. The third-order valence-electron chi connectivity index (χ3n) is 6.26. The van der Waals surface area contributed by atoms with Gasteiger partial charge in [-0.3, -0.25) is 0 Å². The van der Waals surface area contributed by atoms with Gasteiger partial charge < -0.3 is 25.3 Å². The Labute approximate surface area is 203 Å². The number of nitrogens with one attached hydrogen (secondary N) is 2. The third-order valence-corrected chi connectivity index (χ3v) is 6.48. The molecule has 2 aliphatic rings. The number of thiocarbonyl (C=S) groups is 1. The van der Waals surface area contributed by atoms with Crippen LogP contribution in [0.2, 0.25) is 0 Å². The molecular formula is C25H37N7S. The number of piperidine rings is 1. The van der Waals surface area contributed by atoms with Crippen molar-refractivity contribution < 1.29 is 0 Å². The van der Waals surface area contributed by atoms with E-state index >= 15 is 0 Å². The number of hydrogen-bond acceptors (Lipinski definition) is 6. The molecule has 1 aromatic carbocycles. The van der Waals surface area contributed by atoms with Gasteiger partial charge in [-0.1, -0.05) is 32.0 Å². The SMILES string of the molecule is CC(C)NC(=S)Nc1nc(N2CCN(c3ccccc3)CC2)cc(N2C[C@@H](C)C[C@H](C)C2)n1. The first-order valence-corrected chi connectivity index (χ1v) is 12.5. The van der Waals surface area contributed by atoms with Gasteiger partial charge in [0.2, 0.25) is 5.95 Å². The molecule has 0 amide bonds. The van der Waals surface area contributed by atoms with E-state index in [2.05, 4.69) is 89.4 Å². The average molecular weight is 468 g/mol. The molecule has 4 rings (SSSR count). The molecule has 0 spiro atoms. The third kappa shape index (κ3) is 6.25. The van der Waals surface area contributed by atoms with Crippen LogP contribution in [0.1, 0.15) is 34.1 Å². The van der Waals surface area contributed by atoms with Crippen molar-refractivity contribution in [2.75, 3.05) is 59.3 Å². The first kappa shape index (κ1) is 23.5. The Kier molecular flexibility index (Phi) is 7.53. The fourth-order valence-electron chi connectivity index (χ4n) is 4.88. The Morgan fingerprint density at radius 2 is 1.48 bits per heavy atom. The number of aromatic nitrogens is 2. The molecule has 33 heavy (non-hydrogen) atoms. The molecule has 3 heterocycles. The van der Waals surface area contributed by atoms with Crippen LogP contribution in [0.15, 0.2) is 36.4 Å². The Bertz CT molecular complexity index is 918. The van der Waals surface area contributed by atoms with Crippen molar-refractivity contribution >= 4 is 40.6 Å². The molecule has 2 aromatic rings. The Hall–Kier alpha value is -2.61. The Morgan fingerprint density at radius 3 is 2.09 bits per heavy atom. The van der Waals surface area contributed by atoms with Crippen molar-refractivity contribution in [1.82, 2.24) is 15.3 Å². The first-order chi connectivity index (χ1) is 15.9. The second-order valence-corrected chi connectivity index (χ2v) is 10.2. The van der Waals surface area contributed by atoms with Gasteiger partial charge in [-0.25, -0.2) is 0 Å². The summed E-state index contributed by atoms with van der Waals surface area (Å²) in [5.41, 5.74) is 1.28. The van der Waals surface area contributed by atoms with Gasteiger partial charge in [-0.2, -0.15) is 9.97 Å². The van der Waals surface area contributed by atoms with E-state index in [4.69, 9.17) is 22.2 Å². The summed E-state index contributed by atoms with van der Waals surface area (Å²) in [6.45, 7) is 14.6. The molecule has 0 aliphatic carbocycles. The zero-order valence-corrected chi connectivity index (χ0v) is 21.1. The Balaban J connectivity index is 1.54. The predicted octanol–water partition coefficient (Wildman–Crippen LogP) is 3.98. The van der Waals surface area contributed by atoms with Crippen molar-refractivity contribution in [2.45, 2.75) is 40.2 Å². The van der Waals surface area contributed by atoms with Crippen molar-refractivity contribution in [2.24, 2.45) is 11.8 Å². The van der Waals surface area contributed by atoms with Crippen LogP contribution in [0, 0.1) is 11.8 Å². The first-order valence-electron chi connectivity index (χ1n) is 12.1. The number of piperazine rings is 1. The molecule has 2 N–H and O–H groups in total. The summed E-state index contributed by atoms with van der Waals surface area (Å²) in [5, 5.41) is 7.02. The van der Waals surface area contributed by atoms with Gasteiger partial charge in [0.05, 0.1) is 0 Å². The Morgan fingerprint density at radius 1 is 0.909 bits per heavy atom. The molecule has 1 aromatic heterocycles. The van der Waals surface area contributed by atoms with Crippen LogP contribution < -0.4 is 25.3 Å². The normalized spacial score (nSPS) is 21.3. The molecule has 2 fully saturated rings. The van der Waals surface area contributed by atoms with Crippen LogP contribution in [-0.4, -0.2) is 60.4 Å². The van der Waals surface area contributed by atoms with Crippen molar-refractivity contribution in [3.63, 3.8) is 0 Å². The van der Waals surface area contributed by atoms with E-state index in [0.717, 1.165) is 50.9 Å². The molecule has 2 saturated heterocycles. The minimum absolute atomic E-state index is 0.252. The smallest absolute Gasteiger partial charge is 0.232 e. The van der Waals surface area contributed by atoms with Crippen LogP contribution in [0.4, 0.5) is 23.3 Å². The predicted molar refractivity (Wildman–Crippen MR) is 143 cm³/mol. The van der Waals surface area contributed by atoms with E-state index < -0.39 is 0 Å². The molecule has 8 heteroatoms. The lowest BCUT2D eigenvalue weighted by Crippen LogP contribution is -2.47.